The molecule has 18 heavy (non-hydrogen) atoms. The second-order valence-corrected chi connectivity index (χ2v) is 4.81. The first-order chi connectivity index (χ1) is 8.71. The van der Waals surface area contributed by atoms with Gasteiger partial charge in [-0.2, -0.15) is 0 Å². The molecule has 0 aliphatic heterocycles. The number of aromatic nitrogens is 1. The van der Waals surface area contributed by atoms with Gasteiger partial charge in [-0.15, -0.1) is 0 Å². The monoisotopic (exact) mass is 249 g/mol. The molecule has 5 heteroatoms. The Morgan fingerprint density at radius 3 is 2.94 bits per heavy atom. The Bertz CT molecular complexity index is 430. The Morgan fingerprint density at radius 2 is 2.33 bits per heavy atom. The number of carbonyl (C=O) groups is 1. The average Bonchev–Trinajstić information content (AvgIpc) is 3.16. The highest BCUT2D eigenvalue weighted by atomic mass is 16.3. The van der Waals surface area contributed by atoms with Gasteiger partial charge in [0, 0.05) is 26.4 Å². The number of pyridine rings is 1. The molecule has 1 aromatic rings. The lowest BCUT2D eigenvalue weighted by atomic mass is 10.0. The van der Waals surface area contributed by atoms with Crippen molar-refractivity contribution in [3.63, 3.8) is 0 Å². The smallest absolute Gasteiger partial charge is 0.254 e. The number of rotatable bonds is 6. The highest BCUT2D eigenvalue weighted by Crippen LogP contribution is 2.48. The third-order valence-electron chi connectivity index (χ3n) is 3.51. The number of carbonyl (C=O) groups excluding carboxylic acids is 1. The molecule has 0 aromatic carbocycles. The SMILES string of the molecule is CNC(=O)c1cccnc1NCC1(CCO)CC1. The van der Waals surface area contributed by atoms with Gasteiger partial charge < -0.3 is 15.7 Å². The van der Waals surface area contributed by atoms with E-state index in [9.17, 15) is 4.79 Å². The Kier molecular flexibility index (Phi) is 3.81. The molecule has 1 fully saturated rings. The van der Waals surface area contributed by atoms with Crippen LogP contribution in [-0.2, 0) is 0 Å². The molecule has 1 saturated carbocycles. The van der Waals surface area contributed by atoms with Crippen molar-refractivity contribution in [3.8, 4) is 0 Å². The van der Waals surface area contributed by atoms with Crippen LogP contribution in [0.25, 0.3) is 0 Å². The van der Waals surface area contributed by atoms with Gasteiger partial charge in [-0.1, -0.05) is 0 Å². The molecule has 2 rings (SSSR count). The summed E-state index contributed by atoms with van der Waals surface area (Å²) in [5.41, 5.74) is 0.756. The molecule has 1 aromatic heterocycles. The maximum absolute atomic E-state index is 11.7. The van der Waals surface area contributed by atoms with Crippen LogP contribution in [0.15, 0.2) is 18.3 Å². The van der Waals surface area contributed by atoms with Gasteiger partial charge in [0.1, 0.15) is 5.82 Å². The van der Waals surface area contributed by atoms with Crippen LogP contribution < -0.4 is 10.6 Å². The maximum Gasteiger partial charge on any atom is 0.254 e. The van der Waals surface area contributed by atoms with Crippen molar-refractivity contribution in [1.82, 2.24) is 10.3 Å². The number of anilines is 1. The van der Waals surface area contributed by atoms with Crippen LogP contribution in [-0.4, -0.2) is 36.2 Å². The van der Waals surface area contributed by atoms with Crippen molar-refractivity contribution in [3.05, 3.63) is 23.9 Å². The van der Waals surface area contributed by atoms with Crippen molar-refractivity contribution in [2.75, 3.05) is 25.5 Å². The molecule has 1 heterocycles. The number of hydrogen-bond donors (Lipinski definition) is 3. The quantitative estimate of drug-likeness (QED) is 0.703. The summed E-state index contributed by atoms with van der Waals surface area (Å²) in [6, 6.07) is 3.50. The standard InChI is InChI=1S/C13H19N3O2/c1-14-12(18)10-3-2-7-15-11(10)16-9-13(4-5-13)6-8-17/h2-3,7,17H,4-6,8-9H2,1H3,(H,14,18)(H,15,16). The minimum atomic E-state index is -0.141. The number of nitrogens with zero attached hydrogens (tertiary/aromatic N) is 1. The second kappa shape index (κ2) is 5.35. The van der Waals surface area contributed by atoms with E-state index in [1.165, 1.54) is 0 Å². The second-order valence-electron chi connectivity index (χ2n) is 4.81. The molecule has 0 unspecified atom stereocenters. The van der Waals surface area contributed by atoms with Crippen LogP contribution in [0.1, 0.15) is 29.6 Å². The zero-order valence-corrected chi connectivity index (χ0v) is 10.6. The molecule has 0 saturated heterocycles. The van der Waals surface area contributed by atoms with Crippen molar-refractivity contribution < 1.29 is 9.90 Å². The molecule has 1 aliphatic rings. The Labute approximate surface area is 107 Å². The van der Waals surface area contributed by atoms with Gasteiger partial charge in [-0.3, -0.25) is 4.79 Å². The summed E-state index contributed by atoms with van der Waals surface area (Å²) in [6.07, 6.45) is 4.73. The first-order valence-electron chi connectivity index (χ1n) is 6.23. The molecule has 0 spiro atoms. The third kappa shape index (κ3) is 2.79. The zero-order valence-electron chi connectivity index (χ0n) is 10.6. The van der Waals surface area contributed by atoms with E-state index in [4.69, 9.17) is 5.11 Å². The van der Waals surface area contributed by atoms with E-state index in [1.807, 2.05) is 0 Å². The molecule has 1 aliphatic carbocycles. The van der Waals surface area contributed by atoms with Crippen LogP contribution in [0.2, 0.25) is 0 Å². The fourth-order valence-corrected chi connectivity index (χ4v) is 2.06. The lowest BCUT2D eigenvalue weighted by Gasteiger charge is -2.16. The van der Waals surface area contributed by atoms with Crippen molar-refractivity contribution in [2.45, 2.75) is 19.3 Å². The minimum absolute atomic E-state index is 0.141. The lowest BCUT2D eigenvalue weighted by molar-refractivity contribution is 0.0963. The van der Waals surface area contributed by atoms with E-state index < -0.39 is 0 Å². The minimum Gasteiger partial charge on any atom is -0.396 e. The van der Waals surface area contributed by atoms with Gasteiger partial charge in [0.15, 0.2) is 0 Å². The van der Waals surface area contributed by atoms with Crippen LogP contribution in [0, 0.1) is 5.41 Å². The summed E-state index contributed by atoms with van der Waals surface area (Å²) in [4.78, 5) is 15.9. The lowest BCUT2D eigenvalue weighted by Crippen LogP contribution is -2.23. The molecular weight excluding hydrogens is 230 g/mol. The van der Waals surface area contributed by atoms with Gasteiger partial charge in [-0.05, 0) is 36.8 Å². The summed E-state index contributed by atoms with van der Waals surface area (Å²) < 4.78 is 0. The van der Waals surface area contributed by atoms with Crippen molar-refractivity contribution in [1.29, 1.82) is 0 Å². The molecule has 5 nitrogen and oxygen atoms in total. The normalized spacial score (nSPS) is 16.1. The van der Waals surface area contributed by atoms with E-state index in [1.54, 1.807) is 25.4 Å². The molecular formula is C13H19N3O2. The molecule has 0 bridgehead atoms. The number of amides is 1. The van der Waals surface area contributed by atoms with Gasteiger partial charge in [-0.25, -0.2) is 4.98 Å². The number of aliphatic hydroxyl groups is 1. The molecule has 3 N–H and O–H groups in total. The van der Waals surface area contributed by atoms with Gasteiger partial charge >= 0.3 is 0 Å². The van der Waals surface area contributed by atoms with Crippen molar-refractivity contribution in [2.24, 2.45) is 5.41 Å². The first kappa shape index (κ1) is 12.8. The van der Waals surface area contributed by atoms with Crippen LogP contribution in [0.5, 0.6) is 0 Å². The largest absolute Gasteiger partial charge is 0.396 e. The summed E-state index contributed by atoms with van der Waals surface area (Å²) >= 11 is 0. The van der Waals surface area contributed by atoms with E-state index in [2.05, 4.69) is 15.6 Å². The van der Waals surface area contributed by atoms with Crippen molar-refractivity contribution >= 4 is 11.7 Å². The topological polar surface area (TPSA) is 74.2 Å². The van der Waals surface area contributed by atoms with Crippen LogP contribution >= 0.6 is 0 Å². The number of hydrogen-bond acceptors (Lipinski definition) is 4. The Morgan fingerprint density at radius 1 is 1.56 bits per heavy atom. The summed E-state index contributed by atoms with van der Waals surface area (Å²) in [6.45, 7) is 0.973. The first-order valence-corrected chi connectivity index (χ1v) is 6.23. The molecule has 0 atom stereocenters. The summed E-state index contributed by atoms with van der Waals surface area (Å²) in [5, 5.41) is 14.8. The predicted molar refractivity (Wildman–Crippen MR) is 69.5 cm³/mol. The van der Waals surface area contributed by atoms with E-state index in [-0.39, 0.29) is 17.9 Å². The number of nitrogens with one attached hydrogen (secondary N) is 2. The van der Waals surface area contributed by atoms with Crippen LogP contribution in [0.3, 0.4) is 0 Å². The third-order valence-corrected chi connectivity index (χ3v) is 3.51. The fourth-order valence-electron chi connectivity index (χ4n) is 2.06. The van der Waals surface area contributed by atoms with E-state index in [0.717, 1.165) is 25.8 Å². The summed E-state index contributed by atoms with van der Waals surface area (Å²) in [5.74, 6) is 0.471. The molecule has 0 radical (unpaired) electrons. The molecule has 98 valence electrons. The van der Waals surface area contributed by atoms with E-state index in [0.29, 0.717) is 11.4 Å². The highest BCUT2D eigenvalue weighted by Gasteiger charge is 2.41. The Balaban J connectivity index is 2.03. The highest BCUT2D eigenvalue weighted by molar-refractivity contribution is 5.98. The zero-order chi connectivity index (χ0) is 13.0. The summed E-state index contributed by atoms with van der Waals surface area (Å²) in [7, 11) is 1.60. The van der Waals surface area contributed by atoms with Gasteiger partial charge in [0.2, 0.25) is 0 Å². The van der Waals surface area contributed by atoms with E-state index >= 15 is 0 Å². The fraction of sp³-hybridized carbons (Fsp3) is 0.538. The maximum atomic E-state index is 11.7. The predicted octanol–water partition coefficient (Wildman–Crippen LogP) is 1.02. The van der Waals surface area contributed by atoms with Gasteiger partial charge in [0.25, 0.3) is 5.91 Å². The molecule has 1 amide bonds. The average molecular weight is 249 g/mol. The van der Waals surface area contributed by atoms with Gasteiger partial charge in [0.05, 0.1) is 5.56 Å². The Hall–Kier alpha value is -1.62. The number of aliphatic hydroxyl groups excluding tert-OH is 1. The van der Waals surface area contributed by atoms with Crippen LogP contribution in [0.4, 0.5) is 5.82 Å².